The molecule has 6 heteroatoms. The summed E-state index contributed by atoms with van der Waals surface area (Å²) in [6.07, 6.45) is 2.67. The molecule has 0 saturated heterocycles. The molecule has 1 aliphatic carbocycles. The first-order chi connectivity index (χ1) is 11.8. The highest BCUT2D eigenvalue weighted by atomic mass is 16.6. The largest absolute Gasteiger partial charge is 0.497 e. The molecular weight excluding hydrogens is 320 g/mol. The molecule has 0 bridgehead atoms. The van der Waals surface area contributed by atoms with Gasteiger partial charge >= 0.3 is 6.09 Å². The molecule has 1 saturated carbocycles. The minimum atomic E-state index is -0.500. The first kappa shape index (κ1) is 19.1. The third-order valence-corrected chi connectivity index (χ3v) is 4.18. The van der Waals surface area contributed by atoms with Crippen LogP contribution in [0.5, 0.6) is 5.75 Å². The summed E-state index contributed by atoms with van der Waals surface area (Å²) in [5.41, 5.74) is 0.263. The summed E-state index contributed by atoms with van der Waals surface area (Å²) in [5.74, 6) is 0.756. The molecule has 1 fully saturated rings. The van der Waals surface area contributed by atoms with E-state index in [9.17, 15) is 9.59 Å². The molecule has 0 aliphatic heterocycles. The van der Waals surface area contributed by atoms with Crippen LogP contribution in [0.3, 0.4) is 0 Å². The Labute approximate surface area is 149 Å². The predicted octanol–water partition coefficient (Wildman–Crippen LogP) is 3.72. The van der Waals surface area contributed by atoms with Crippen molar-refractivity contribution in [1.29, 1.82) is 0 Å². The number of carbonyl (C=O) groups is 2. The maximum Gasteiger partial charge on any atom is 0.407 e. The molecule has 2 rings (SSSR count). The van der Waals surface area contributed by atoms with Crippen LogP contribution in [0.2, 0.25) is 0 Å². The molecule has 25 heavy (non-hydrogen) atoms. The number of carbonyl (C=O) groups excluding carboxylic acids is 2. The summed E-state index contributed by atoms with van der Waals surface area (Å²) in [7, 11) is 1.61. The molecule has 0 unspecified atom stereocenters. The van der Waals surface area contributed by atoms with Gasteiger partial charge in [0.2, 0.25) is 5.91 Å². The number of rotatable bonds is 4. The third kappa shape index (κ3) is 6.29. The maximum absolute atomic E-state index is 12.4. The van der Waals surface area contributed by atoms with Gasteiger partial charge in [0.15, 0.2) is 0 Å². The van der Waals surface area contributed by atoms with Gasteiger partial charge in [-0.3, -0.25) is 4.79 Å². The lowest BCUT2D eigenvalue weighted by molar-refractivity contribution is -0.120. The van der Waals surface area contributed by atoms with E-state index < -0.39 is 11.7 Å². The third-order valence-electron chi connectivity index (χ3n) is 4.18. The zero-order valence-corrected chi connectivity index (χ0v) is 15.4. The first-order valence-electron chi connectivity index (χ1n) is 8.71. The van der Waals surface area contributed by atoms with Gasteiger partial charge < -0.3 is 20.1 Å². The van der Waals surface area contributed by atoms with E-state index in [-0.39, 0.29) is 17.9 Å². The Morgan fingerprint density at radius 2 is 1.64 bits per heavy atom. The highest BCUT2D eigenvalue weighted by Gasteiger charge is 2.28. The van der Waals surface area contributed by atoms with Crippen LogP contribution in [0.1, 0.15) is 46.5 Å². The summed E-state index contributed by atoms with van der Waals surface area (Å²) in [6, 6.07) is 7.35. The number of hydrogen-bond donors (Lipinski definition) is 2. The Bertz CT molecular complexity index is 584. The molecule has 2 N–H and O–H groups in total. The van der Waals surface area contributed by atoms with Gasteiger partial charge in [0, 0.05) is 17.6 Å². The number of methoxy groups -OCH3 is 1. The highest BCUT2D eigenvalue weighted by molar-refractivity contribution is 5.92. The summed E-state index contributed by atoms with van der Waals surface area (Å²) in [4.78, 5) is 24.2. The van der Waals surface area contributed by atoms with Gasteiger partial charge in [-0.1, -0.05) is 0 Å². The fourth-order valence-corrected chi connectivity index (χ4v) is 2.89. The summed E-state index contributed by atoms with van der Waals surface area (Å²) >= 11 is 0. The van der Waals surface area contributed by atoms with Crippen LogP contribution in [-0.2, 0) is 9.53 Å². The Hall–Kier alpha value is -2.24. The number of benzene rings is 1. The zero-order chi connectivity index (χ0) is 18.4. The lowest BCUT2D eigenvalue weighted by atomic mass is 9.85. The molecule has 0 spiro atoms. The van der Waals surface area contributed by atoms with Crippen molar-refractivity contribution >= 4 is 17.7 Å². The summed E-state index contributed by atoms with van der Waals surface area (Å²) in [5, 5.41) is 5.83. The van der Waals surface area contributed by atoms with Crippen molar-refractivity contribution in [1.82, 2.24) is 5.32 Å². The predicted molar refractivity (Wildman–Crippen MR) is 96.7 cm³/mol. The number of nitrogens with one attached hydrogen (secondary N) is 2. The van der Waals surface area contributed by atoms with Crippen LogP contribution in [0.15, 0.2) is 24.3 Å². The minimum absolute atomic E-state index is 0.0286. The van der Waals surface area contributed by atoms with E-state index in [4.69, 9.17) is 9.47 Å². The van der Waals surface area contributed by atoms with Crippen LogP contribution >= 0.6 is 0 Å². The van der Waals surface area contributed by atoms with Gasteiger partial charge in [0.05, 0.1) is 7.11 Å². The smallest absolute Gasteiger partial charge is 0.407 e. The molecule has 1 aromatic carbocycles. The SMILES string of the molecule is COc1ccc(NC(=O)C2CCC(NC(=O)OC(C)(C)C)CC2)cc1. The summed E-state index contributed by atoms with van der Waals surface area (Å²) < 4.78 is 10.4. The number of ether oxygens (including phenoxy) is 2. The van der Waals surface area contributed by atoms with Crippen LogP contribution in [0, 0.1) is 5.92 Å². The molecular formula is C19H28N2O4. The van der Waals surface area contributed by atoms with Crippen molar-refractivity contribution in [3.8, 4) is 5.75 Å². The molecule has 0 radical (unpaired) electrons. The van der Waals surface area contributed by atoms with Crippen molar-refractivity contribution in [3.63, 3.8) is 0 Å². The van der Waals surface area contributed by atoms with Crippen LogP contribution in [-0.4, -0.2) is 30.8 Å². The molecule has 6 nitrogen and oxygen atoms in total. The topological polar surface area (TPSA) is 76.7 Å². The minimum Gasteiger partial charge on any atom is -0.497 e. The Morgan fingerprint density at radius 3 is 2.16 bits per heavy atom. The number of anilines is 1. The van der Waals surface area contributed by atoms with E-state index in [1.807, 2.05) is 45.0 Å². The Morgan fingerprint density at radius 1 is 1.04 bits per heavy atom. The standard InChI is InChI=1S/C19H28N2O4/c1-19(2,3)25-18(23)21-15-7-5-13(6-8-15)17(22)20-14-9-11-16(24-4)12-10-14/h9-13,15H,5-8H2,1-4H3,(H,20,22)(H,21,23). The lowest BCUT2D eigenvalue weighted by Crippen LogP contribution is -2.42. The molecule has 0 heterocycles. The normalized spacial score (nSPS) is 20.5. The quantitative estimate of drug-likeness (QED) is 0.869. The number of alkyl carbamates (subject to hydrolysis) is 1. The Balaban J connectivity index is 1.77. The second-order valence-corrected chi connectivity index (χ2v) is 7.41. The van der Waals surface area contributed by atoms with Crippen molar-refractivity contribution in [2.24, 2.45) is 5.92 Å². The van der Waals surface area contributed by atoms with E-state index in [0.29, 0.717) is 0 Å². The fraction of sp³-hybridized carbons (Fsp3) is 0.579. The van der Waals surface area contributed by atoms with Crippen LogP contribution < -0.4 is 15.4 Å². The van der Waals surface area contributed by atoms with Gasteiger partial charge in [-0.05, 0) is 70.7 Å². The van der Waals surface area contributed by atoms with Crippen LogP contribution in [0.25, 0.3) is 0 Å². The van der Waals surface area contributed by atoms with Gasteiger partial charge in [0.1, 0.15) is 11.4 Å². The highest BCUT2D eigenvalue weighted by Crippen LogP contribution is 2.26. The van der Waals surface area contributed by atoms with E-state index >= 15 is 0 Å². The molecule has 138 valence electrons. The fourth-order valence-electron chi connectivity index (χ4n) is 2.89. The monoisotopic (exact) mass is 348 g/mol. The number of amides is 2. The van der Waals surface area contributed by atoms with Crippen molar-refractivity contribution < 1.29 is 19.1 Å². The first-order valence-corrected chi connectivity index (χ1v) is 8.71. The molecule has 0 aromatic heterocycles. The van der Waals surface area contributed by atoms with Gasteiger partial charge in [-0.25, -0.2) is 4.79 Å². The molecule has 1 aromatic rings. The zero-order valence-electron chi connectivity index (χ0n) is 15.4. The number of hydrogen-bond acceptors (Lipinski definition) is 4. The van der Waals surface area contributed by atoms with E-state index in [2.05, 4.69) is 10.6 Å². The molecule has 1 aliphatic rings. The Kier molecular flexibility index (Phi) is 6.28. The second kappa shape index (κ2) is 8.23. The van der Waals surface area contributed by atoms with E-state index in [1.165, 1.54) is 0 Å². The van der Waals surface area contributed by atoms with Crippen molar-refractivity contribution in [3.05, 3.63) is 24.3 Å². The van der Waals surface area contributed by atoms with E-state index in [1.54, 1.807) is 7.11 Å². The molecule has 2 amide bonds. The average Bonchev–Trinajstić information content (AvgIpc) is 2.54. The maximum atomic E-state index is 12.4. The average molecular weight is 348 g/mol. The van der Waals surface area contributed by atoms with Crippen molar-refractivity contribution in [2.75, 3.05) is 12.4 Å². The van der Waals surface area contributed by atoms with Crippen LogP contribution in [0.4, 0.5) is 10.5 Å². The van der Waals surface area contributed by atoms with Gasteiger partial charge in [-0.2, -0.15) is 0 Å². The summed E-state index contributed by atoms with van der Waals surface area (Å²) in [6.45, 7) is 5.52. The van der Waals surface area contributed by atoms with E-state index in [0.717, 1.165) is 37.1 Å². The van der Waals surface area contributed by atoms with Crippen molar-refractivity contribution in [2.45, 2.75) is 58.1 Å². The van der Waals surface area contributed by atoms with Gasteiger partial charge in [0.25, 0.3) is 0 Å². The second-order valence-electron chi connectivity index (χ2n) is 7.41. The molecule has 0 atom stereocenters. The lowest BCUT2D eigenvalue weighted by Gasteiger charge is -2.29. The van der Waals surface area contributed by atoms with Gasteiger partial charge in [-0.15, -0.1) is 0 Å².